The molecule has 34 heavy (non-hydrogen) atoms. The van der Waals surface area contributed by atoms with Gasteiger partial charge >= 0.3 is 12.6 Å². The summed E-state index contributed by atoms with van der Waals surface area (Å²) in [4.78, 5) is 25.9. The Kier molecular flexibility index (Phi) is 7.28. The van der Waals surface area contributed by atoms with Gasteiger partial charge in [-0.3, -0.25) is 9.48 Å². The predicted octanol–water partition coefficient (Wildman–Crippen LogP) is 5.06. The van der Waals surface area contributed by atoms with Gasteiger partial charge in [-0.15, -0.1) is 11.3 Å². The zero-order valence-corrected chi connectivity index (χ0v) is 18.5. The fraction of sp³-hybridized carbons (Fsp3) is 0.125. The summed E-state index contributed by atoms with van der Waals surface area (Å²) in [5.41, 5.74) is 1.71. The first-order valence-corrected chi connectivity index (χ1v) is 11.0. The Hall–Kier alpha value is -4.05. The molecule has 1 N–H and O–H groups in total. The van der Waals surface area contributed by atoms with Crippen LogP contribution in [0, 0.1) is 0 Å². The Balaban J connectivity index is 1.46. The Labute approximate surface area is 197 Å². The van der Waals surface area contributed by atoms with E-state index in [0.29, 0.717) is 12.2 Å². The van der Waals surface area contributed by atoms with Crippen molar-refractivity contribution in [1.29, 1.82) is 0 Å². The quantitative estimate of drug-likeness (QED) is 0.337. The first-order valence-electron chi connectivity index (χ1n) is 10.2. The molecule has 0 bridgehead atoms. The average molecular weight is 483 g/mol. The molecule has 7 nitrogen and oxygen atoms in total. The standard InChI is InChI=1S/C24H19F2N3O4S/c25-24(26)33-19-10-5-4-9-18(19)27-21(30)15-32-23(31)17-14-29(13-16-7-2-1-3-8-16)28-22(17)20-11-6-12-34-20/h1-12,14,24H,13,15H2,(H,27,30). The number of aromatic nitrogens is 2. The van der Waals surface area contributed by atoms with Crippen LogP contribution in [0.1, 0.15) is 15.9 Å². The van der Waals surface area contributed by atoms with Gasteiger partial charge in [-0.25, -0.2) is 4.79 Å². The summed E-state index contributed by atoms with van der Waals surface area (Å²) in [6.07, 6.45) is 1.58. The van der Waals surface area contributed by atoms with Crippen molar-refractivity contribution >= 4 is 28.9 Å². The van der Waals surface area contributed by atoms with Crippen molar-refractivity contribution in [2.24, 2.45) is 0 Å². The molecule has 0 aliphatic carbocycles. The van der Waals surface area contributed by atoms with E-state index in [1.54, 1.807) is 16.9 Å². The van der Waals surface area contributed by atoms with Gasteiger partial charge in [0.25, 0.3) is 5.91 Å². The van der Waals surface area contributed by atoms with Crippen LogP contribution in [0.4, 0.5) is 14.5 Å². The van der Waals surface area contributed by atoms with Crippen molar-refractivity contribution in [3.05, 3.63) is 89.4 Å². The van der Waals surface area contributed by atoms with Crippen LogP contribution < -0.4 is 10.1 Å². The maximum atomic E-state index is 12.8. The fourth-order valence-electron chi connectivity index (χ4n) is 3.18. The molecule has 2 heterocycles. The van der Waals surface area contributed by atoms with Gasteiger partial charge in [-0.1, -0.05) is 48.5 Å². The molecule has 0 saturated carbocycles. The zero-order chi connectivity index (χ0) is 23.9. The second-order valence-corrected chi connectivity index (χ2v) is 8.00. The summed E-state index contributed by atoms with van der Waals surface area (Å²) in [5.74, 6) is -1.62. The predicted molar refractivity (Wildman–Crippen MR) is 123 cm³/mol. The number of hydrogen-bond donors (Lipinski definition) is 1. The molecular weight excluding hydrogens is 464 g/mol. The first kappa shape index (κ1) is 23.1. The van der Waals surface area contributed by atoms with Crippen LogP contribution >= 0.6 is 11.3 Å². The number of anilines is 1. The van der Waals surface area contributed by atoms with Gasteiger partial charge in [0, 0.05) is 6.20 Å². The molecule has 174 valence electrons. The summed E-state index contributed by atoms with van der Waals surface area (Å²) < 4.78 is 36.3. The maximum Gasteiger partial charge on any atom is 0.387 e. The molecule has 0 radical (unpaired) electrons. The van der Waals surface area contributed by atoms with Crippen molar-refractivity contribution in [3.8, 4) is 16.3 Å². The molecular formula is C24H19F2N3O4S. The Morgan fingerprint density at radius 1 is 1.03 bits per heavy atom. The van der Waals surface area contributed by atoms with Crippen LogP contribution in [-0.4, -0.2) is 34.9 Å². The first-order chi connectivity index (χ1) is 16.5. The van der Waals surface area contributed by atoms with E-state index in [2.05, 4.69) is 15.2 Å². The van der Waals surface area contributed by atoms with Crippen molar-refractivity contribution in [2.45, 2.75) is 13.2 Å². The lowest BCUT2D eigenvalue weighted by molar-refractivity contribution is -0.119. The minimum atomic E-state index is -3.04. The van der Waals surface area contributed by atoms with Gasteiger partial charge in [-0.2, -0.15) is 13.9 Å². The average Bonchev–Trinajstić information content (AvgIpc) is 3.49. The highest BCUT2D eigenvalue weighted by molar-refractivity contribution is 7.13. The third-order valence-electron chi connectivity index (χ3n) is 4.64. The highest BCUT2D eigenvalue weighted by Crippen LogP contribution is 2.28. The lowest BCUT2D eigenvalue weighted by atomic mass is 10.2. The Morgan fingerprint density at radius 3 is 2.53 bits per heavy atom. The van der Waals surface area contributed by atoms with Crippen molar-refractivity contribution in [3.63, 3.8) is 0 Å². The summed E-state index contributed by atoms with van der Waals surface area (Å²) in [5, 5.41) is 8.82. The molecule has 2 aromatic carbocycles. The van der Waals surface area contributed by atoms with E-state index in [-0.39, 0.29) is 17.0 Å². The Morgan fingerprint density at radius 2 is 1.79 bits per heavy atom. The summed E-state index contributed by atoms with van der Waals surface area (Å²) >= 11 is 1.42. The van der Waals surface area contributed by atoms with Gasteiger partial charge < -0.3 is 14.8 Å². The van der Waals surface area contributed by atoms with Crippen LogP contribution in [0.25, 0.3) is 10.6 Å². The number of amides is 1. The third-order valence-corrected chi connectivity index (χ3v) is 5.51. The van der Waals surface area contributed by atoms with Gasteiger partial charge in [0.15, 0.2) is 6.61 Å². The smallest absolute Gasteiger partial charge is 0.387 e. The van der Waals surface area contributed by atoms with Crippen LogP contribution in [0.15, 0.2) is 78.3 Å². The van der Waals surface area contributed by atoms with Crippen molar-refractivity contribution < 1.29 is 27.8 Å². The van der Waals surface area contributed by atoms with E-state index in [0.717, 1.165) is 10.4 Å². The van der Waals surface area contributed by atoms with Crippen molar-refractivity contribution in [2.75, 3.05) is 11.9 Å². The highest BCUT2D eigenvalue weighted by Gasteiger charge is 2.21. The number of nitrogens with one attached hydrogen (secondary N) is 1. The molecule has 4 rings (SSSR count). The maximum absolute atomic E-state index is 12.8. The second-order valence-electron chi connectivity index (χ2n) is 7.05. The number of carbonyl (C=O) groups is 2. The monoisotopic (exact) mass is 483 g/mol. The number of benzene rings is 2. The van der Waals surface area contributed by atoms with Gasteiger partial charge in [-0.05, 0) is 29.1 Å². The van der Waals surface area contributed by atoms with E-state index < -0.39 is 25.1 Å². The number of nitrogens with zero attached hydrogens (tertiary/aromatic N) is 2. The largest absolute Gasteiger partial charge is 0.452 e. The second kappa shape index (κ2) is 10.7. The van der Waals surface area contributed by atoms with Crippen LogP contribution in [-0.2, 0) is 16.1 Å². The van der Waals surface area contributed by atoms with E-state index >= 15 is 0 Å². The van der Waals surface area contributed by atoms with Gasteiger partial charge in [0.2, 0.25) is 0 Å². The number of ether oxygens (including phenoxy) is 2. The van der Waals surface area contributed by atoms with Crippen LogP contribution in [0.2, 0.25) is 0 Å². The number of thiophene rings is 1. The summed E-state index contributed by atoms with van der Waals surface area (Å²) in [6.45, 7) is -3.21. The summed E-state index contributed by atoms with van der Waals surface area (Å²) in [6, 6.07) is 19.1. The minimum absolute atomic E-state index is 0.0406. The van der Waals surface area contributed by atoms with E-state index in [9.17, 15) is 18.4 Å². The third kappa shape index (κ3) is 5.84. The topological polar surface area (TPSA) is 82.5 Å². The molecule has 0 aliphatic rings. The van der Waals surface area contributed by atoms with Crippen molar-refractivity contribution in [1.82, 2.24) is 9.78 Å². The minimum Gasteiger partial charge on any atom is -0.452 e. The van der Waals surface area contributed by atoms with Crippen LogP contribution in [0.3, 0.4) is 0 Å². The number of esters is 1. The molecule has 0 atom stereocenters. The van der Waals surface area contributed by atoms with Gasteiger partial charge in [0.1, 0.15) is 17.0 Å². The SMILES string of the molecule is O=C(COC(=O)c1cn(Cc2ccccc2)nc1-c1cccs1)Nc1ccccc1OC(F)F. The molecule has 4 aromatic rings. The lowest BCUT2D eigenvalue weighted by Gasteiger charge is -2.11. The van der Waals surface area contributed by atoms with Crippen LogP contribution in [0.5, 0.6) is 5.75 Å². The normalized spacial score (nSPS) is 10.8. The lowest BCUT2D eigenvalue weighted by Crippen LogP contribution is -2.21. The van der Waals surface area contributed by atoms with E-state index in [1.165, 1.54) is 29.5 Å². The fourth-order valence-corrected chi connectivity index (χ4v) is 3.90. The molecule has 0 spiro atoms. The number of halogens is 2. The zero-order valence-electron chi connectivity index (χ0n) is 17.7. The number of carbonyl (C=O) groups excluding carboxylic acids is 2. The molecule has 0 aliphatic heterocycles. The molecule has 0 fully saturated rings. The molecule has 10 heteroatoms. The number of para-hydroxylation sites is 2. The number of rotatable bonds is 9. The number of alkyl halides is 2. The summed E-state index contributed by atoms with van der Waals surface area (Å²) in [7, 11) is 0. The van der Waals surface area contributed by atoms with E-state index in [1.807, 2.05) is 47.8 Å². The Bertz CT molecular complexity index is 1260. The molecule has 0 saturated heterocycles. The molecule has 1 amide bonds. The molecule has 0 unspecified atom stereocenters. The van der Waals surface area contributed by atoms with E-state index in [4.69, 9.17) is 4.74 Å². The molecule has 2 aromatic heterocycles. The highest BCUT2D eigenvalue weighted by atomic mass is 32.1. The van der Waals surface area contributed by atoms with Gasteiger partial charge in [0.05, 0.1) is 17.1 Å². The number of hydrogen-bond acceptors (Lipinski definition) is 6.